The number of guanidine groups is 1. The van der Waals surface area contributed by atoms with Crippen LogP contribution >= 0.6 is 0 Å². The summed E-state index contributed by atoms with van der Waals surface area (Å²) in [6.07, 6.45) is 0.881. The van der Waals surface area contributed by atoms with E-state index in [0.29, 0.717) is 19.0 Å². The lowest BCUT2D eigenvalue weighted by molar-refractivity contribution is 0.567. The Morgan fingerprint density at radius 1 is 1.30 bits per heavy atom. The predicted molar refractivity (Wildman–Crippen MR) is 94.6 cm³/mol. The van der Waals surface area contributed by atoms with Gasteiger partial charge in [0.1, 0.15) is 0 Å². The van der Waals surface area contributed by atoms with Gasteiger partial charge in [-0.1, -0.05) is 6.92 Å². The lowest BCUT2D eigenvalue weighted by atomic mass is 10.4. The van der Waals surface area contributed by atoms with Crippen molar-refractivity contribution in [2.24, 2.45) is 4.99 Å². The molecule has 7 nitrogen and oxygen atoms in total. The van der Waals surface area contributed by atoms with Gasteiger partial charge in [-0.3, -0.25) is 9.67 Å². The molecule has 0 aliphatic rings. The zero-order valence-corrected chi connectivity index (χ0v) is 15.4. The van der Waals surface area contributed by atoms with Crippen LogP contribution < -0.4 is 10.6 Å². The Hall–Kier alpha value is -1.57. The summed E-state index contributed by atoms with van der Waals surface area (Å²) in [7, 11) is -2.95. The van der Waals surface area contributed by atoms with Crippen LogP contribution in [0, 0.1) is 13.8 Å². The van der Waals surface area contributed by atoms with Crippen LogP contribution in [0.1, 0.15) is 31.7 Å². The van der Waals surface area contributed by atoms with E-state index in [1.54, 1.807) is 6.92 Å². The predicted octanol–water partition coefficient (Wildman–Crippen LogP) is 0.880. The van der Waals surface area contributed by atoms with E-state index in [9.17, 15) is 8.42 Å². The van der Waals surface area contributed by atoms with Gasteiger partial charge in [0.15, 0.2) is 15.8 Å². The minimum absolute atomic E-state index is 0.125. The van der Waals surface area contributed by atoms with E-state index in [2.05, 4.69) is 26.8 Å². The van der Waals surface area contributed by atoms with E-state index in [1.807, 2.05) is 25.5 Å². The molecule has 0 fully saturated rings. The van der Waals surface area contributed by atoms with Gasteiger partial charge in [0.25, 0.3) is 0 Å². The SMILES string of the molecule is CCNC(=NCCCn1nc(C)cc1C)NCCS(=O)(=O)CC. The average Bonchev–Trinajstić information content (AvgIpc) is 2.81. The molecule has 8 heteroatoms. The van der Waals surface area contributed by atoms with Crippen molar-refractivity contribution in [2.75, 3.05) is 31.1 Å². The number of hydrogen-bond acceptors (Lipinski definition) is 4. The maximum atomic E-state index is 11.5. The highest BCUT2D eigenvalue weighted by atomic mass is 32.2. The van der Waals surface area contributed by atoms with Gasteiger partial charge in [-0.2, -0.15) is 5.10 Å². The molecule has 0 aromatic carbocycles. The summed E-state index contributed by atoms with van der Waals surface area (Å²) >= 11 is 0. The zero-order valence-electron chi connectivity index (χ0n) is 14.6. The second kappa shape index (κ2) is 9.54. The molecule has 0 amide bonds. The van der Waals surface area contributed by atoms with Crippen molar-refractivity contribution in [3.63, 3.8) is 0 Å². The third-order valence-corrected chi connectivity index (χ3v) is 5.10. The second-order valence-corrected chi connectivity index (χ2v) is 7.90. The van der Waals surface area contributed by atoms with E-state index < -0.39 is 9.84 Å². The van der Waals surface area contributed by atoms with Gasteiger partial charge < -0.3 is 10.6 Å². The molecule has 0 radical (unpaired) electrons. The van der Waals surface area contributed by atoms with Crippen LogP contribution in [0.15, 0.2) is 11.1 Å². The quantitative estimate of drug-likeness (QED) is 0.395. The molecule has 1 rings (SSSR count). The van der Waals surface area contributed by atoms with Crippen molar-refractivity contribution in [2.45, 2.75) is 40.7 Å². The van der Waals surface area contributed by atoms with Crippen molar-refractivity contribution in [3.8, 4) is 0 Å². The number of aliphatic imine (C=N–C) groups is 1. The van der Waals surface area contributed by atoms with E-state index >= 15 is 0 Å². The van der Waals surface area contributed by atoms with E-state index in [0.717, 1.165) is 30.9 Å². The summed E-state index contributed by atoms with van der Waals surface area (Å²) in [6.45, 7) is 10.3. The fourth-order valence-corrected chi connectivity index (χ4v) is 2.83. The van der Waals surface area contributed by atoms with Crippen molar-refractivity contribution in [1.29, 1.82) is 0 Å². The van der Waals surface area contributed by atoms with Gasteiger partial charge in [-0.25, -0.2) is 8.42 Å². The molecule has 0 aliphatic carbocycles. The molecule has 0 saturated carbocycles. The van der Waals surface area contributed by atoms with Crippen LogP contribution in [0.25, 0.3) is 0 Å². The first-order valence-corrected chi connectivity index (χ1v) is 9.93. The highest BCUT2D eigenvalue weighted by Gasteiger charge is 2.07. The first-order chi connectivity index (χ1) is 10.9. The van der Waals surface area contributed by atoms with Crippen LogP contribution in [0.2, 0.25) is 0 Å². The lowest BCUT2D eigenvalue weighted by Gasteiger charge is -2.11. The van der Waals surface area contributed by atoms with Crippen LogP contribution in [0.5, 0.6) is 0 Å². The molecule has 0 unspecified atom stereocenters. The molecule has 0 atom stereocenters. The summed E-state index contributed by atoms with van der Waals surface area (Å²) in [6, 6.07) is 2.06. The number of sulfone groups is 1. The highest BCUT2D eigenvalue weighted by Crippen LogP contribution is 2.02. The van der Waals surface area contributed by atoms with Gasteiger partial charge in [0, 0.05) is 37.6 Å². The molecular formula is C15H29N5O2S. The standard InChI is InChI=1S/C15H29N5O2S/c1-5-16-15(18-9-11-23(21,22)6-2)17-8-7-10-20-14(4)12-13(3)19-20/h12H,5-11H2,1-4H3,(H2,16,17,18). The molecule has 0 spiro atoms. The molecule has 2 N–H and O–H groups in total. The Bertz CT molecular complexity index is 607. The van der Waals surface area contributed by atoms with Gasteiger partial charge in [0.2, 0.25) is 0 Å². The minimum Gasteiger partial charge on any atom is -0.357 e. The molecule has 0 aliphatic heterocycles. The molecule has 1 aromatic heterocycles. The molecule has 132 valence electrons. The second-order valence-electron chi connectivity index (χ2n) is 5.43. The van der Waals surface area contributed by atoms with Crippen molar-refractivity contribution < 1.29 is 8.42 Å². The van der Waals surface area contributed by atoms with E-state index in [-0.39, 0.29) is 11.5 Å². The molecule has 23 heavy (non-hydrogen) atoms. The van der Waals surface area contributed by atoms with Crippen LogP contribution in [-0.4, -0.2) is 55.3 Å². The fourth-order valence-electron chi connectivity index (χ4n) is 2.12. The largest absolute Gasteiger partial charge is 0.357 e. The van der Waals surface area contributed by atoms with Gasteiger partial charge in [-0.05, 0) is 33.3 Å². The summed E-state index contributed by atoms with van der Waals surface area (Å²) in [4.78, 5) is 4.47. The van der Waals surface area contributed by atoms with Crippen LogP contribution in [0.3, 0.4) is 0 Å². The van der Waals surface area contributed by atoms with E-state index in [4.69, 9.17) is 0 Å². The highest BCUT2D eigenvalue weighted by molar-refractivity contribution is 7.91. The van der Waals surface area contributed by atoms with Crippen LogP contribution in [-0.2, 0) is 16.4 Å². The summed E-state index contributed by atoms with van der Waals surface area (Å²) < 4.78 is 24.9. The van der Waals surface area contributed by atoms with Gasteiger partial charge in [-0.15, -0.1) is 0 Å². The Labute approximate surface area is 139 Å². The molecular weight excluding hydrogens is 314 g/mol. The number of nitrogens with one attached hydrogen (secondary N) is 2. The maximum Gasteiger partial charge on any atom is 0.191 e. The maximum absolute atomic E-state index is 11.5. The summed E-state index contributed by atoms with van der Waals surface area (Å²) in [5, 5.41) is 10.6. The molecule has 0 saturated heterocycles. The number of nitrogens with zero attached hydrogens (tertiary/aromatic N) is 3. The average molecular weight is 343 g/mol. The molecule has 1 heterocycles. The van der Waals surface area contributed by atoms with Crippen molar-refractivity contribution in [1.82, 2.24) is 20.4 Å². The normalized spacial score (nSPS) is 12.4. The topological polar surface area (TPSA) is 88.4 Å². The number of rotatable bonds is 9. The van der Waals surface area contributed by atoms with Gasteiger partial charge in [0.05, 0.1) is 11.4 Å². The van der Waals surface area contributed by atoms with Gasteiger partial charge >= 0.3 is 0 Å². The zero-order chi connectivity index (χ0) is 17.3. The smallest absolute Gasteiger partial charge is 0.191 e. The minimum atomic E-state index is -2.95. The Kier molecular flexibility index (Phi) is 8.08. The third kappa shape index (κ3) is 7.49. The van der Waals surface area contributed by atoms with Crippen LogP contribution in [0.4, 0.5) is 0 Å². The number of hydrogen-bond donors (Lipinski definition) is 2. The Morgan fingerprint density at radius 3 is 2.61 bits per heavy atom. The Balaban J connectivity index is 2.41. The van der Waals surface area contributed by atoms with Crippen molar-refractivity contribution >= 4 is 15.8 Å². The fraction of sp³-hybridized carbons (Fsp3) is 0.733. The molecule has 0 bridgehead atoms. The lowest BCUT2D eigenvalue weighted by Crippen LogP contribution is -2.39. The number of aryl methyl sites for hydroxylation is 3. The Morgan fingerprint density at radius 2 is 2.04 bits per heavy atom. The number of aromatic nitrogens is 2. The first kappa shape index (κ1) is 19.5. The third-order valence-electron chi connectivity index (χ3n) is 3.39. The van der Waals surface area contributed by atoms with E-state index in [1.165, 1.54) is 0 Å². The monoisotopic (exact) mass is 343 g/mol. The van der Waals surface area contributed by atoms with Crippen molar-refractivity contribution in [3.05, 3.63) is 17.5 Å². The molecule has 1 aromatic rings. The summed E-state index contributed by atoms with van der Waals surface area (Å²) in [5.74, 6) is 0.956. The first-order valence-electron chi connectivity index (χ1n) is 8.11. The summed E-state index contributed by atoms with van der Waals surface area (Å²) in [5.41, 5.74) is 2.18.